The van der Waals surface area contributed by atoms with Gasteiger partial charge in [0.2, 0.25) is 0 Å². The molecule has 0 aromatic carbocycles. The summed E-state index contributed by atoms with van der Waals surface area (Å²) in [4.78, 5) is 25.7. The molecular weight excluding hydrogens is 232 g/mol. The van der Waals surface area contributed by atoms with E-state index < -0.39 is 0 Å². The topological polar surface area (TPSA) is 58.6 Å². The fourth-order valence-corrected chi connectivity index (χ4v) is 3.17. The molecule has 3 aliphatic rings. The number of rotatable bonds is 2. The number of piperidine rings is 1. The Balaban J connectivity index is 1.71. The van der Waals surface area contributed by atoms with Gasteiger partial charge < -0.3 is 10.1 Å². The summed E-state index contributed by atoms with van der Waals surface area (Å²) in [5.41, 5.74) is 0. The van der Waals surface area contributed by atoms with Crippen molar-refractivity contribution in [1.82, 2.24) is 10.2 Å². The predicted octanol–water partition coefficient (Wildman–Crippen LogP) is 0.148. The highest BCUT2D eigenvalue weighted by atomic mass is 16.5. The van der Waals surface area contributed by atoms with E-state index in [1.165, 1.54) is 4.90 Å². The number of carbonyl (C=O) groups excluding carboxylic acids is 2. The van der Waals surface area contributed by atoms with E-state index >= 15 is 0 Å². The molecule has 2 amide bonds. The second kappa shape index (κ2) is 4.63. The van der Waals surface area contributed by atoms with E-state index in [9.17, 15) is 9.59 Å². The van der Waals surface area contributed by atoms with Gasteiger partial charge in [-0.05, 0) is 44.2 Å². The summed E-state index contributed by atoms with van der Waals surface area (Å²) < 4.78 is 5.41. The molecule has 3 heterocycles. The van der Waals surface area contributed by atoms with Crippen LogP contribution in [0.25, 0.3) is 0 Å². The van der Waals surface area contributed by atoms with Crippen LogP contribution in [0, 0.1) is 11.8 Å². The number of nitrogens with one attached hydrogen (secondary N) is 1. The summed E-state index contributed by atoms with van der Waals surface area (Å²) >= 11 is 0. The first kappa shape index (κ1) is 12.1. The largest absolute Gasteiger partial charge is 0.355 e. The summed E-state index contributed by atoms with van der Waals surface area (Å²) in [6, 6.07) is 0. The highest BCUT2D eigenvalue weighted by molar-refractivity contribution is 6.02. The van der Waals surface area contributed by atoms with Crippen LogP contribution in [0.15, 0.2) is 0 Å². The van der Waals surface area contributed by atoms with Gasteiger partial charge in [0.1, 0.15) is 12.2 Å². The van der Waals surface area contributed by atoms with Crippen LogP contribution in [0.2, 0.25) is 0 Å². The Morgan fingerprint density at radius 2 is 1.89 bits per heavy atom. The molecule has 3 rings (SSSR count). The molecule has 4 unspecified atom stereocenters. The van der Waals surface area contributed by atoms with E-state index in [1.54, 1.807) is 0 Å². The standard InChI is InChI=1S/C13H20N2O3/c1-8-4-5-14-6-9(8)7-15-12(16)10-2-3-11(18-10)13(15)17/h8-11,14H,2-7H2,1H3. The van der Waals surface area contributed by atoms with Gasteiger partial charge in [0, 0.05) is 6.54 Å². The van der Waals surface area contributed by atoms with Crippen LogP contribution in [0.3, 0.4) is 0 Å². The second-order valence-corrected chi connectivity index (χ2v) is 5.71. The second-order valence-electron chi connectivity index (χ2n) is 5.71. The minimum Gasteiger partial charge on any atom is -0.355 e. The summed E-state index contributed by atoms with van der Waals surface area (Å²) in [6.45, 7) is 4.69. The van der Waals surface area contributed by atoms with Crippen molar-refractivity contribution in [3.63, 3.8) is 0 Å². The number of hydrogen-bond acceptors (Lipinski definition) is 4. The number of imide groups is 1. The van der Waals surface area contributed by atoms with Crippen LogP contribution in [0.4, 0.5) is 0 Å². The normalized spacial score (nSPS) is 40.4. The number of ether oxygens (including phenoxy) is 1. The van der Waals surface area contributed by atoms with Crippen molar-refractivity contribution in [2.24, 2.45) is 11.8 Å². The quantitative estimate of drug-likeness (QED) is 0.711. The fraction of sp³-hybridized carbons (Fsp3) is 0.846. The maximum atomic E-state index is 12.1. The predicted molar refractivity (Wildman–Crippen MR) is 64.8 cm³/mol. The molecular formula is C13H20N2O3. The summed E-state index contributed by atoms with van der Waals surface area (Å²) in [5, 5.41) is 3.34. The van der Waals surface area contributed by atoms with Gasteiger partial charge in [0.25, 0.3) is 11.8 Å². The molecule has 0 saturated carbocycles. The number of likely N-dealkylation sites (tertiary alicyclic amines) is 1. The molecule has 3 aliphatic heterocycles. The van der Waals surface area contributed by atoms with Crippen molar-refractivity contribution in [3.05, 3.63) is 0 Å². The van der Waals surface area contributed by atoms with E-state index in [-0.39, 0.29) is 24.0 Å². The summed E-state index contributed by atoms with van der Waals surface area (Å²) in [6.07, 6.45) is 1.79. The molecule has 0 radical (unpaired) electrons. The maximum absolute atomic E-state index is 12.1. The van der Waals surface area contributed by atoms with E-state index in [1.807, 2.05) is 0 Å². The number of morpholine rings is 1. The van der Waals surface area contributed by atoms with Crippen LogP contribution < -0.4 is 5.32 Å². The van der Waals surface area contributed by atoms with Crippen molar-refractivity contribution < 1.29 is 14.3 Å². The highest BCUT2D eigenvalue weighted by Crippen LogP contribution is 2.30. The van der Waals surface area contributed by atoms with E-state index in [0.29, 0.717) is 31.2 Å². The van der Waals surface area contributed by atoms with Crippen LogP contribution in [0.5, 0.6) is 0 Å². The molecule has 3 fully saturated rings. The molecule has 1 N–H and O–H groups in total. The summed E-state index contributed by atoms with van der Waals surface area (Å²) in [7, 11) is 0. The Bertz CT molecular complexity index is 349. The lowest BCUT2D eigenvalue weighted by molar-refractivity contribution is -0.169. The zero-order chi connectivity index (χ0) is 12.7. The third-order valence-electron chi connectivity index (χ3n) is 4.51. The lowest BCUT2D eigenvalue weighted by Gasteiger charge is -2.36. The van der Waals surface area contributed by atoms with Crippen molar-refractivity contribution in [2.45, 2.75) is 38.4 Å². The molecule has 2 bridgehead atoms. The van der Waals surface area contributed by atoms with Gasteiger partial charge in [-0.2, -0.15) is 0 Å². The van der Waals surface area contributed by atoms with Crippen LogP contribution in [0.1, 0.15) is 26.2 Å². The number of amides is 2. The molecule has 4 atom stereocenters. The molecule has 18 heavy (non-hydrogen) atoms. The Morgan fingerprint density at radius 3 is 2.50 bits per heavy atom. The number of nitrogens with zero attached hydrogens (tertiary/aromatic N) is 1. The first-order chi connectivity index (χ1) is 8.66. The van der Waals surface area contributed by atoms with E-state index in [4.69, 9.17) is 4.74 Å². The van der Waals surface area contributed by atoms with E-state index in [0.717, 1.165) is 19.5 Å². The molecule has 5 heteroatoms. The average molecular weight is 252 g/mol. The Hall–Kier alpha value is -0.940. The van der Waals surface area contributed by atoms with Crippen LogP contribution in [-0.4, -0.2) is 48.6 Å². The number of hydrogen-bond donors (Lipinski definition) is 1. The molecule has 3 saturated heterocycles. The zero-order valence-corrected chi connectivity index (χ0v) is 10.7. The van der Waals surface area contributed by atoms with Gasteiger partial charge in [0.15, 0.2) is 0 Å². The Kier molecular flexibility index (Phi) is 3.11. The lowest BCUT2D eigenvalue weighted by Crippen LogP contribution is -2.55. The zero-order valence-electron chi connectivity index (χ0n) is 10.7. The molecule has 0 aromatic rings. The van der Waals surface area contributed by atoms with Crippen molar-refractivity contribution in [2.75, 3.05) is 19.6 Å². The van der Waals surface area contributed by atoms with Crippen LogP contribution >= 0.6 is 0 Å². The van der Waals surface area contributed by atoms with Crippen LogP contribution in [-0.2, 0) is 14.3 Å². The van der Waals surface area contributed by atoms with Gasteiger partial charge in [-0.1, -0.05) is 6.92 Å². The minimum atomic E-state index is -0.362. The Labute approximate surface area is 107 Å². The van der Waals surface area contributed by atoms with Gasteiger partial charge in [-0.15, -0.1) is 0 Å². The van der Waals surface area contributed by atoms with E-state index in [2.05, 4.69) is 12.2 Å². The molecule has 0 spiro atoms. The maximum Gasteiger partial charge on any atom is 0.258 e. The SMILES string of the molecule is CC1CCNCC1CN1C(=O)C2CCC(O2)C1=O. The van der Waals surface area contributed by atoms with Crippen molar-refractivity contribution in [3.8, 4) is 0 Å². The summed E-state index contributed by atoms with van der Waals surface area (Å²) in [5.74, 6) is 0.703. The van der Waals surface area contributed by atoms with Gasteiger partial charge in [0.05, 0.1) is 0 Å². The number of carbonyl (C=O) groups is 2. The third-order valence-corrected chi connectivity index (χ3v) is 4.51. The number of fused-ring (bicyclic) bond motifs is 2. The lowest BCUT2D eigenvalue weighted by atomic mass is 9.87. The molecule has 100 valence electrons. The monoisotopic (exact) mass is 252 g/mol. The first-order valence-electron chi connectivity index (χ1n) is 6.88. The Morgan fingerprint density at radius 1 is 1.22 bits per heavy atom. The fourth-order valence-electron chi connectivity index (χ4n) is 3.17. The average Bonchev–Trinajstić information content (AvgIpc) is 2.81. The third kappa shape index (κ3) is 1.95. The van der Waals surface area contributed by atoms with Gasteiger partial charge >= 0.3 is 0 Å². The molecule has 0 aromatic heterocycles. The van der Waals surface area contributed by atoms with Gasteiger partial charge in [-0.25, -0.2) is 0 Å². The minimum absolute atomic E-state index is 0.119. The molecule has 0 aliphatic carbocycles. The van der Waals surface area contributed by atoms with Gasteiger partial charge in [-0.3, -0.25) is 14.5 Å². The van der Waals surface area contributed by atoms with Crippen molar-refractivity contribution >= 4 is 11.8 Å². The first-order valence-corrected chi connectivity index (χ1v) is 6.88. The molecule has 5 nitrogen and oxygen atoms in total. The van der Waals surface area contributed by atoms with Crippen molar-refractivity contribution in [1.29, 1.82) is 0 Å². The smallest absolute Gasteiger partial charge is 0.258 e. The highest BCUT2D eigenvalue weighted by Gasteiger charge is 2.47.